The lowest BCUT2D eigenvalue weighted by Gasteiger charge is -2.13. The van der Waals surface area contributed by atoms with E-state index in [1.165, 1.54) is 22.3 Å². The Morgan fingerprint density at radius 2 is 1.57 bits per heavy atom. The topological polar surface area (TPSA) is 46.9 Å². The quantitative estimate of drug-likeness (QED) is 0.236. The molecule has 5 rings (SSSR count). The second-order valence-corrected chi connectivity index (χ2v) is 9.73. The molecule has 4 heteroatoms. The Hall–Kier alpha value is -4.18. The number of para-hydroxylation sites is 2. The highest BCUT2D eigenvalue weighted by molar-refractivity contribution is 5.79. The Bertz CT molecular complexity index is 1500. The number of hydrogen-bond donors (Lipinski definition) is 1. The molecular formula is C33H33N3O. The number of carbonyl (C=O) groups excluding carboxylic acids is 1. The van der Waals surface area contributed by atoms with Crippen LogP contribution in [0.1, 0.15) is 34.5 Å². The first-order chi connectivity index (χ1) is 18.1. The van der Waals surface area contributed by atoms with Gasteiger partial charge in [-0.15, -0.1) is 0 Å². The molecule has 0 atom stereocenters. The third-order valence-electron chi connectivity index (χ3n) is 6.89. The van der Waals surface area contributed by atoms with Crippen molar-refractivity contribution in [1.82, 2.24) is 14.9 Å². The van der Waals surface area contributed by atoms with Crippen molar-refractivity contribution in [3.8, 4) is 11.1 Å². The summed E-state index contributed by atoms with van der Waals surface area (Å²) in [7, 11) is 0. The van der Waals surface area contributed by atoms with Gasteiger partial charge in [-0.25, -0.2) is 4.98 Å². The molecule has 5 aromatic rings. The molecule has 186 valence electrons. The van der Waals surface area contributed by atoms with Gasteiger partial charge in [0, 0.05) is 19.5 Å². The molecule has 37 heavy (non-hydrogen) atoms. The Kier molecular flexibility index (Phi) is 7.46. The van der Waals surface area contributed by atoms with Crippen LogP contribution < -0.4 is 5.32 Å². The number of benzene rings is 4. The second-order valence-electron chi connectivity index (χ2n) is 9.73. The number of rotatable bonds is 9. The zero-order valence-electron chi connectivity index (χ0n) is 21.6. The van der Waals surface area contributed by atoms with Crippen molar-refractivity contribution in [3.05, 3.63) is 125 Å². The van der Waals surface area contributed by atoms with Gasteiger partial charge in [0.05, 0.1) is 17.5 Å². The van der Waals surface area contributed by atoms with Gasteiger partial charge in [0.15, 0.2) is 0 Å². The van der Waals surface area contributed by atoms with Crippen LogP contribution in [0.4, 0.5) is 0 Å². The van der Waals surface area contributed by atoms with Crippen LogP contribution in [0.2, 0.25) is 0 Å². The third kappa shape index (κ3) is 5.97. The molecule has 0 unspecified atom stereocenters. The van der Waals surface area contributed by atoms with Gasteiger partial charge in [0.25, 0.3) is 0 Å². The van der Waals surface area contributed by atoms with Crippen molar-refractivity contribution < 1.29 is 4.79 Å². The monoisotopic (exact) mass is 487 g/mol. The minimum atomic E-state index is 0.0522. The molecule has 1 heterocycles. The summed E-state index contributed by atoms with van der Waals surface area (Å²) in [5.41, 5.74) is 9.41. The molecule has 0 saturated heterocycles. The van der Waals surface area contributed by atoms with Crippen molar-refractivity contribution >= 4 is 16.9 Å². The summed E-state index contributed by atoms with van der Waals surface area (Å²) >= 11 is 0. The van der Waals surface area contributed by atoms with Crippen molar-refractivity contribution in [2.75, 3.05) is 6.54 Å². The Morgan fingerprint density at radius 1 is 0.838 bits per heavy atom. The molecule has 0 spiro atoms. The second kappa shape index (κ2) is 11.3. The van der Waals surface area contributed by atoms with Crippen LogP contribution in [0, 0.1) is 13.8 Å². The Morgan fingerprint density at radius 3 is 2.38 bits per heavy atom. The first-order valence-electron chi connectivity index (χ1n) is 13.0. The summed E-state index contributed by atoms with van der Waals surface area (Å²) in [4.78, 5) is 17.5. The minimum Gasteiger partial charge on any atom is -0.356 e. The van der Waals surface area contributed by atoms with E-state index in [2.05, 4.69) is 84.4 Å². The predicted molar refractivity (Wildman–Crippen MR) is 152 cm³/mol. The molecule has 0 aliphatic rings. The third-order valence-corrected chi connectivity index (χ3v) is 6.89. The Balaban J connectivity index is 1.18. The summed E-state index contributed by atoms with van der Waals surface area (Å²) in [5, 5.41) is 3.09. The van der Waals surface area contributed by atoms with Crippen LogP contribution in [-0.4, -0.2) is 22.0 Å². The van der Waals surface area contributed by atoms with E-state index in [9.17, 15) is 4.79 Å². The summed E-state index contributed by atoms with van der Waals surface area (Å²) in [6, 6.07) is 33.5. The summed E-state index contributed by atoms with van der Waals surface area (Å²) in [5.74, 6) is 1.12. The summed E-state index contributed by atoms with van der Waals surface area (Å²) in [6.45, 7) is 5.73. The van der Waals surface area contributed by atoms with Gasteiger partial charge in [-0.2, -0.15) is 0 Å². The van der Waals surface area contributed by atoms with Gasteiger partial charge in [0.1, 0.15) is 5.82 Å². The van der Waals surface area contributed by atoms with E-state index in [4.69, 9.17) is 4.98 Å². The molecule has 0 fully saturated rings. The predicted octanol–water partition coefficient (Wildman–Crippen LogP) is 6.66. The van der Waals surface area contributed by atoms with E-state index in [-0.39, 0.29) is 5.91 Å². The molecule has 0 radical (unpaired) electrons. The molecule has 4 nitrogen and oxygen atoms in total. The van der Waals surface area contributed by atoms with E-state index in [1.807, 2.05) is 36.4 Å². The first kappa shape index (κ1) is 24.5. The number of nitrogens with zero attached hydrogens (tertiary/aromatic N) is 2. The van der Waals surface area contributed by atoms with Gasteiger partial charge in [0.2, 0.25) is 5.91 Å². The van der Waals surface area contributed by atoms with E-state index in [0.717, 1.165) is 47.4 Å². The molecule has 1 aromatic heterocycles. The number of hydrogen-bond acceptors (Lipinski definition) is 2. The van der Waals surface area contributed by atoms with Crippen LogP contribution in [0.15, 0.2) is 97.1 Å². The average molecular weight is 488 g/mol. The van der Waals surface area contributed by atoms with Gasteiger partial charge < -0.3 is 9.88 Å². The molecule has 4 aromatic carbocycles. The number of aromatic nitrogens is 2. The largest absolute Gasteiger partial charge is 0.356 e. The number of imidazole rings is 1. The number of carbonyl (C=O) groups is 1. The Labute approximate surface area is 219 Å². The number of amides is 1. The molecule has 0 aliphatic carbocycles. The molecule has 0 saturated carbocycles. The maximum absolute atomic E-state index is 12.6. The first-order valence-corrected chi connectivity index (χ1v) is 13.0. The fraction of sp³-hybridized carbons (Fsp3) is 0.212. The maximum atomic E-state index is 12.6. The normalized spacial score (nSPS) is 11.1. The smallest absolute Gasteiger partial charge is 0.224 e. The minimum absolute atomic E-state index is 0.0522. The zero-order valence-corrected chi connectivity index (χ0v) is 21.6. The van der Waals surface area contributed by atoms with Gasteiger partial charge in [-0.3, -0.25) is 4.79 Å². The lowest BCUT2D eigenvalue weighted by Crippen LogP contribution is -2.26. The lowest BCUT2D eigenvalue weighted by molar-refractivity contribution is -0.120. The van der Waals surface area contributed by atoms with Gasteiger partial charge in [-0.1, -0.05) is 90.5 Å². The fourth-order valence-corrected chi connectivity index (χ4v) is 4.80. The number of aryl methyl sites for hydroxylation is 3. The van der Waals surface area contributed by atoms with E-state index >= 15 is 0 Å². The van der Waals surface area contributed by atoms with E-state index < -0.39 is 0 Å². The zero-order chi connectivity index (χ0) is 25.6. The van der Waals surface area contributed by atoms with Crippen LogP contribution in [0.5, 0.6) is 0 Å². The van der Waals surface area contributed by atoms with Gasteiger partial charge >= 0.3 is 0 Å². The van der Waals surface area contributed by atoms with Crippen molar-refractivity contribution in [2.45, 2.75) is 39.7 Å². The summed E-state index contributed by atoms with van der Waals surface area (Å²) < 4.78 is 2.33. The SMILES string of the molecule is Cc1ccc(C)c(Cn2c(CCCNC(=O)Cc3ccc(-c4ccccc4)cc3)nc3ccccc32)c1. The fourth-order valence-electron chi connectivity index (χ4n) is 4.80. The van der Waals surface area contributed by atoms with Crippen LogP contribution in [0.25, 0.3) is 22.2 Å². The molecule has 0 bridgehead atoms. The van der Waals surface area contributed by atoms with Crippen LogP contribution in [0.3, 0.4) is 0 Å². The maximum Gasteiger partial charge on any atom is 0.224 e. The molecule has 1 N–H and O–H groups in total. The van der Waals surface area contributed by atoms with Crippen molar-refractivity contribution in [3.63, 3.8) is 0 Å². The van der Waals surface area contributed by atoms with E-state index in [0.29, 0.717) is 13.0 Å². The van der Waals surface area contributed by atoms with Crippen LogP contribution >= 0.6 is 0 Å². The molecular weight excluding hydrogens is 454 g/mol. The van der Waals surface area contributed by atoms with Crippen LogP contribution in [-0.2, 0) is 24.2 Å². The summed E-state index contributed by atoms with van der Waals surface area (Å²) in [6.07, 6.45) is 2.04. The standard InChI is InChI=1S/C33H33N3O/c1-24-14-15-25(2)29(21-24)23-36-31-12-7-6-11-30(31)35-32(36)13-8-20-34-33(37)22-26-16-18-28(19-17-26)27-9-4-3-5-10-27/h3-7,9-12,14-19,21H,8,13,20,22-23H2,1-2H3,(H,34,37). The lowest BCUT2D eigenvalue weighted by atomic mass is 10.0. The highest BCUT2D eigenvalue weighted by Crippen LogP contribution is 2.22. The molecule has 1 amide bonds. The van der Waals surface area contributed by atoms with Gasteiger partial charge in [-0.05, 0) is 60.2 Å². The van der Waals surface area contributed by atoms with Crippen molar-refractivity contribution in [1.29, 1.82) is 0 Å². The van der Waals surface area contributed by atoms with Crippen molar-refractivity contribution in [2.24, 2.45) is 0 Å². The number of nitrogens with one attached hydrogen (secondary N) is 1. The number of fused-ring (bicyclic) bond motifs is 1. The highest BCUT2D eigenvalue weighted by Gasteiger charge is 2.12. The molecule has 0 aliphatic heterocycles. The van der Waals surface area contributed by atoms with E-state index in [1.54, 1.807) is 0 Å². The highest BCUT2D eigenvalue weighted by atomic mass is 16.1. The average Bonchev–Trinajstić information content (AvgIpc) is 3.27.